The van der Waals surface area contributed by atoms with Gasteiger partial charge in [0.1, 0.15) is 11.6 Å². The van der Waals surface area contributed by atoms with E-state index in [0.29, 0.717) is 18.9 Å². The SMILES string of the molecule is CCC1C(=O)NC2(CCCC2)C(=O)N1C(C)C1CCOC1. The Labute approximate surface area is 126 Å². The number of hydrogen-bond acceptors (Lipinski definition) is 3. The maximum atomic E-state index is 13.1. The van der Waals surface area contributed by atoms with Gasteiger partial charge in [-0.1, -0.05) is 19.8 Å². The highest BCUT2D eigenvalue weighted by atomic mass is 16.5. The number of carbonyl (C=O) groups excluding carboxylic acids is 2. The van der Waals surface area contributed by atoms with Crippen LogP contribution in [0.3, 0.4) is 0 Å². The van der Waals surface area contributed by atoms with Gasteiger partial charge in [0.2, 0.25) is 11.8 Å². The highest BCUT2D eigenvalue weighted by molar-refractivity contribution is 6.00. The van der Waals surface area contributed by atoms with Gasteiger partial charge >= 0.3 is 0 Å². The molecule has 21 heavy (non-hydrogen) atoms. The van der Waals surface area contributed by atoms with Gasteiger partial charge in [-0.15, -0.1) is 0 Å². The molecule has 1 spiro atoms. The number of piperazine rings is 1. The van der Waals surface area contributed by atoms with Crippen LogP contribution in [0.2, 0.25) is 0 Å². The van der Waals surface area contributed by atoms with E-state index in [2.05, 4.69) is 12.2 Å². The number of carbonyl (C=O) groups is 2. The summed E-state index contributed by atoms with van der Waals surface area (Å²) in [7, 11) is 0. The van der Waals surface area contributed by atoms with Gasteiger partial charge in [-0.2, -0.15) is 0 Å². The molecule has 118 valence electrons. The second kappa shape index (κ2) is 5.59. The van der Waals surface area contributed by atoms with Crippen molar-refractivity contribution in [3.63, 3.8) is 0 Å². The number of nitrogens with zero attached hydrogens (tertiary/aromatic N) is 1. The van der Waals surface area contributed by atoms with Gasteiger partial charge in [0.05, 0.1) is 6.61 Å². The second-order valence-corrected chi connectivity index (χ2v) is 6.78. The summed E-state index contributed by atoms with van der Waals surface area (Å²) in [5.41, 5.74) is -0.615. The zero-order valence-corrected chi connectivity index (χ0v) is 13.1. The fourth-order valence-corrected chi connectivity index (χ4v) is 4.22. The summed E-state index contributed by atoms with van der Waals surface area (Å²) in [4.78, 5) is 27.6. The van der Waals surface area contributed by atoms with E-state index in [9.17, 15) is 9.59 Å². The Hall–Kier alpha value is -1.10. The Morgan fingerprint density at radius 2 is 2.10 bits per heavy atom. The molecular weight excluding hydrogens is 268 g/mol. The molecule has 3 fully saturated rings. The van der Waals surface area contributed by atoms with E-state index in [4.69, 9.17) is 4.74 Å². The first-order valence-corrected chi connectivity index (χ1v) is 8.31. The predicted molar refractivity (Wildman–Crippen MR) is 78.7 cm³/mol. The summed E-state index contributed by atoms with van der Waals surface area (Å²) in [5, 5.41) is 3.06. The molecule has 0 aromatic heterocycles. The number of nitrogens with one attached hydrogen (secondary N) is 1. The maximum absolute atomic E-state index is 13.1. The predicted octanol–water partition coefficient (Wildman–Crippen LogP) is 1.46. The van der Waals surface area contributed by atoms with E-state index in [1.54, 1.807) is 0 Å². The molecule has 2 aliphatic heterocycles. The molecule has 0 aromatic carbocycles. The van der Waals surface area contributed by atoms with E-state index in [1.165, 1.54) is 0 Å². The van der Waals surface area contributed by atoms with Crippen LogP contribution in [0.4, 0.5) is 0 Å². The minimum Gasteiger partial charge on any atom is -0.381 e. The molecule has 3 unspecified atom stereocenters. The quantitative estimate of drug-likeness (QED) is 0.857. The van der Waals surface area contributed by atoms with Crippen LogP contribution in [0, 0.1) is 5.92 Å². The van der Waals surface area contributed by atoms with Crippen LogP contribution in [-0.4, -0.2) is 47.6 Å². The number of ether oxygens (including phenoxy) is 1. The number of hydrogen-bond donors (Lipinski definition) is 1. The van der Waals surface area contributed by atoms with Crippen LogP contribution in [0.5, 0.6) is 0 Å². The average molecular weight is 294 g/mol. The maximum Gasteiger partial charge on any atom is 0.249 e. The highest BCUT2D eigenvalue weighted by Gasteiger charge is 2.53. The van der Waals surface area contributed by atoms with Crippen molar-refractivity contribution in [2.24, 2.45) is 5.92 Å². The van der Waals surface area contributed by atoms with E-state index in [1.807, 2.05) is 11.8 Å². The molecule has 3 aliphatic rings. The molecule has 0 radical (unpaired) electrons. The summed E-state index contributed by atoms with van der Waals surface area (Å²) < 4.78 is 5.48. The van der Waals surface area contributed by atoms with Crippen molar-refractivity contribution in [1.82, 2.24) is 10.2 Å². The lowest BCUT2D eigenvalue weighted by Crippen LogP contribution is -2.71. The van der Waals surface area contributed by atoms with Gasteiger partial charge in [0.25, 0.3) is 0 Å². The van der Waals surface area contributed by atoms with Gasteiger partial charge in [-0.3, -0.25) is 9.59 Å². The largest absolute Gasteiger partial charge is 0.381 e. The summed E-state index contributed by atoms with van der Waals surface area (Å²) >= 11 is 0. The van der Waals surface area contributed by atoms with Crippen molar-refractivity contribution in [2.75, 3.05) is 13.2 Å². The third-order valence-electron chi connectivity index (χ3n) is 5.57. The van der Waals surface area contributed by atoms with Crippen molar-refractivity contribution in [1.29, 1.82) is 0 Å². The van der Waals surface area contributed by atoms with Gasteiger partial charge in [-0.05, 0) is 32.6 Å². The number of rotatable bonds is 3. The Balaban J connectivity index is 1.88. The van der Waals surface area contributed by atoms with E-state index in [-0.39, 0.29) is 23.9 Å². The first-order valence-electron chi connectivity index (χ1n) is 8.31. The summed E-state index contributed by atoms with van der Waals surface area (Å²) in [5.74, 6) is 0.531. The smallest absolute Gasteiger partial charge is 0.249 e. The van der Waals surface area contributed by atoms with Gasteiger partial charge in [-0.25, -0.2) is 0 Å². The van der Waals surface area contributed by atoms with Crippen LogP contribution < -0.4 is 5.32 Å². The average Bonchev–Trinajstić information content (AvgIpc) is 3.13. The van der Waals surface area contributed by atoms with Crippen molar-refractivity contribution < 1.29 is 14.3 Å². The van der Waals surface area contributed by atoms with Crippen LogP contribution in [-0.2, 0) is 14.3 Å². The lowest BCUT2D eigenvalue weighted by Gasteiger charge is -2.48. The van der Waals surface area contributed by atoms with E-state index >= 15 is 0 Å². The third-order valence-corrected chi connectivity index (χ3v) is 5.57. The third kappa shape index (κ3) is 2.35. The van der Waals surface area contributed by atoms with Gasteiger partial charge in [0, 0.05) is 18.6 Å². The normalized spacial score (nSPS) is 33.5. The molecule has 3 rings (SSSR count). The van der Waals surface area contributed by atoms with Crippen LogP contribution in [0.1, 0.15) is 52.4 Å². The zero-order chi connectivity index (χ0) is 15.0. The summed E-state index contributed by atoms with van der Waals surface area (Å²) in [6.07, 6.45) is 5.29. The molecule has 0 aromatic rings. The fourth-order valence-electron chi connectivity index (χ4n) is 4.22. The molecule has 2 saturated heterocycles. The minimum absolute atomic E-state index is 0.0322. The van der Waals surface area contributed by atoms with E-state index in [0.717, 1.165) is 38.7 Å². The second-order valence-electron chi connectivity index (χ2n) is 6.78. The standard InChI is InChI=1S/C16H26N2O3/c1-3-13-14(19)17-16(7-4-5-8-16)15(20)18(13)11(2)12-6-9-21-10-12/h11-13H,3-10H2,1-2H3,(H,17,19). The highest BCUT2D eigenvalue weighted by Crippen LogP contribution is 2.37. The first-order chi connectivity index (χ1) is 10.1. The molecule has 5 heteroatoms. The lowest BCUT2D eigenvalue weighted by atomic mass is 9.86. The first kappa shape index (κ1) is 14.8. The van der Waals surface area contributed by atoms with Crippen molar-refractivity contribution >= 4 is 11.8 Å². The molecule has 2 amide bonds. The molecular formula is C16H26N2O3. The van der Waals surface area contributed by atoms with E-state index < -0.39 is 5.54 Å². The Kier molecular flexibility index (Phi) is 3.95. The Morgan fingerprint density at radius 1 is 1.38 bits per heavy atom. The Morgan fingerprint density at radius 3 is 2.67 bits per heavy atom. The summed E-state index contributed by atoms with van der Waals surface area (Å²) in [6.45, 7) is 5.54. The van der Waals surface area contributed by atoms with Crippen molar-refractivity contribution in [3.05, 3.63) is 0 Å². The molecule has 1 saturated carbocycles. The van der Waals surface area contributed by atoms with Gasteiger partial charge in [0.15, 0.2) is 0 Å². The zero-order valence-electron chi connectivity index (χ0n) is 13.1. The fraction of sp³-hybridized carbons (Fsp3) is 0.875. The molecule has 3 atom stereocenters. The van der Waals surface area contributed by atoms with Crippen LogP contribution in [0.15, 0.2) is 0 Å². The monoisotopic (exact) mass is 294 g/mol. The Bertz CT molecular complexity index is 425. The molecule has 5 nitrogen and oxygen atoms in total. The topological polar surface area (TPSA) is 58.6 Å². The number of amides is 2. The molecule has 0 bridgehead atoms. The molecule has 1 aliphatic carbocycles. The molecule has 1 N–H and O–H groups in total. The van der Waals surface area contributed by atoms with Crippen molar-refractivity contribution in [2.45, 2.75) is 70.0 Å². The van der Waals surface area contributed by atoms with Gasteiger partial charge < -0.3 is 15.0 Å². The summed E-state index contributed by atoms with van der Waals surface area (Å²) in [6, 6.07) is -0.243. The minimum atomic E-state index is -0.615. The van der Waals surface area contributed by atoms with Crippen molar-refractivity contribution in [3.8, 4) is 0 Å². The molecule has 2 heterocycles. The lowest BCUT2D eigenvalue weighted by molar-refractivity contribution is -0.159. The van der Waals surface area contributed by atoms with Crippen LogP contribution in [0.25, 0.3) is 0 Å². The van der Waals surface area contributed by atoms with Crippen LogP contribution >= 0.6 is 0 Å².